The molecular weight excluding hydrogens is 251 g/mol. The minimum atomic E-state index is -3.60. The van der Waals surface area contributed by atoms with Gasteiger partial charge >= 0.3 is 0 Å². The summed E-state index contributed by atoms with van der Waals surface area (Å²) in [6.45, 7) is 1.67. The molecule has 94 valence electrons. The topological polar surface area (TPSA) is 89.3 Å². The summed E-state index contributed by atoms with van der Waals surface area (Å²) >= 11 is 0. The van der Waals surface area contributed by atoms with E-state index in [9.17, 15) is 22.9 Å². The second kappa shape index (κ2) is 5.09. The van der Waals surface area contributed by atoms with E-state index in [1.165, 1.54) is 0 Å². The van der Waals surface area contributed by atoms with Gasteiger partial charge in [0.2, 0.25) is 10.0 Å². The third kappa shape index (κ3) is 3.66. The number of nitro groups is 1. The van der Waals surface area contributed by atoms with Gasteiger partial charge in [0, 0.05) is 6.07 Å². The summed E-state index contributed by atoms with van der Waals surface area (Å²) in [6.07, 6.45) is 0.393. The van der Waals surface area contributed by atoms with Crippen molar-refractivity contribution in [1.29, 1.82) is 0 Å². The molecular formula is C9H11FN2O4S. The van der Waals surface area contributed by atoms with Crippen LogP contribution in [0, 0.1) is 15.9 Å². The molecule has 0 radical (unpaired) electrons. The number of benzene rings is 1. The van der Waals surface area contributed by atoms with Gasteiger partial charge in [0.25, 0.3) is 5.69 Å². The second-order valence-electron chi connectivity index (χ2n) is 3.34. The Morgan fingerprint density at radius 3 is 2.59 bits per heavy atom. The summed E-state index contributed by atoms with van der Waals surface area (Å²) < 4.78 is 38.1. The van der Waals surface area contributed by atoms with Gasteiger partial charge in [-0.2, -0.15) is 0 Å². The predicted molar refractivity (Wildman–Crippen MR) is 60.8 cm³/mol. The van der Waals surface area contributed by atoms with E-state index >= 15 is 0 Å². The van der Waals surface area contributed by atoms with Crippen molar-refractivity contribution in [2.75, 3.05) is 10.5 Å². The number of nitrogens with one attached hydrogen (secondary N) is 1. The van der Waals surface area contributed by atoms with Crippen LogP contribution in [-0.4, -0.2) is 19.1 Å². The summed E-state index contributed by atoms with van der Waals surface area (Å²) in [4.78, 5) is 9.60. The number of hydrogen-bond acceptors (Lipinski definition) is 4. The Balaban J connectivity index is 2.98. The summed E-state index contributed by atoms with van der Waals surface area (Å²) in [7, 11) is -3.60. The van der Waals surface area contributed by atoms with Crippen LogP contribution in [0.5, 0.6) is 0 Å². The molecule has 0 atom stereocenters. The Bertz CT molecular complexity index is 530. The Hall–Kier alpha value is -1.70. The maximum Gasteiger partial charge on any atom is 0.272 e. The maximum atomic E-state index is 13.3. The van der Waals surface area contributed by atoms with Gasteiger partial charge in [0.1, 0.15) is 0 Å². The quantitative estimate of drug-likeness (QED) is 0.648. The summed E-state index contributed by atoms with van der Waals surface area (Å²) in [5.74, 6) is -1.11. The number of halogens is 1. The normalized spacial score (nSPS) is 11.2. The van der Waals surface area contributed by atoms with Crippen molar-refractivity contribution in [3.63, 3.8) is 0 Å². The third-order valence-corrected chi connectivity index (χ3v) is 3.38. The molecule has 1 aromatic rings. The van der Waals surface area contributed by atoms with Crippen LogP contribution in [0.15, 0.2) is 18.2 Å². The van der Waals surface area contributed by atoms with Crippen molar-refractivity contribution in [1.82, 2.24) is 0 Å². The van der Waals surface area contributed by atoms with Crippen molar-refractivity contribution in [3.05, 3.63) is 34.1 Å². The van der Waals surface area contributed by atoms with Gasteiger partial charge in [-0.05, 0) is 12.5 Å². The lowest BCUT2D eigenvalue weighted by Gasteiger charge is -2.07. The molecule has 6 nitrogen and oxygen atoms in total. The molecule has 0 amide bonds. The fraction of sp³-hybridized carbons (Fsp3) is 0.333. The number of nitro benzene ring substituents is 1. The van der Waals surface area contributed by atoms with E-state index in [1.807, 2.05) is 4.72 Å². The molecule has 0 aliphatic rings. The van der Waals surface area contributed by atoms with Crippen LogP contribution >= 0.6 is 0 Å². The first-order valence-electron chi connectivity index (χ1n) is 4.80. The van der Waals surface area contributed by atoms with Gasteiger partial charge in [-0.3, -0.25) is 14.8 Å². The van der Waals surface area contributed by atoms with Crippen LogP contribution in [0.2, 0.25) is 0 Å². The average Bonchev–Trinajstić information content (AvgIpc) is 2.20. The van der Waals surface area contributed by atoms with Gasteiger partial charge in [-0.25, -0.2) is 12.8 Å². The molecule has 0 heterocycles. The van der Waals surface area contributed by atoms with Crippen molar-refractivity contribution in [2.24, 2.45) is 0 Å². The summed E-state index contributed by atoms with van der Waals surface area (Å²) in [6, 6.07) is 2.73. The lowest BCUT2D eigenvalue weighted by atomic mass is 10.3. The maximum absolute atomic E-state index is 13.3. The van der Waals surface area contributed by atoms with Crippen LogP contribution in [0.1, 0.15) is 13.3 Å². The van der Waals surface area contributed by atoms with Crippen molar-refractivity contribution in [3.8, 4) is 0 Å². The summed E-state index contributed by atoms with van der Waals surface area (Å²) in [5.41, 5.74) is -0.718. The molecule has 8 heteroatoms. The first kappa shape index (κ1) is 13.4. The van der Waals surface area contributed by atoms with Gasteiger partial charge in [0.05, 0.1) is 22.4 Å². The Morgan fingerprint density at radius 2 is 2.12 bits per heavy atom. The molecule has 0 unspecified atom stereocenters. The van der Waals surface area contributed by atoms with E-state index in [0.29, 0.717) is 12.5 Å². The molecule has 0 fully saturated rings. The highest BCUT2D eigenvalue weighted by molar-refractivity contribution is 7.92. The largest absolute Gasteiger partial charge is 0.281 e. The number of hydrogen-bond donors (Lipinski definition) is 1. The van der Waals surface area contributed by atoms with Crippen molar-refractivity contribution < 1.29 is 17.7 Å². The lowest BCUT2D eigenvalue weighted by molar-refractivity contribution is -0.385. The zero-order valence-electron chi connectivity index (χ0n) is 9.01. The molecule has 0 bridgehead atoms. The van der Waals surface area contributed by atoms with E-state index < -0.39 is 26.5 Å². The van der Waals surface area contributed by atoms with Crippen LogP contribution in [-0.2, 0) is 10.0 Å². The molecule has 0 saturated carbocycles. The highest BCUT2D eigenvalue weighted by Gasteiger charge is 2.15. The fourth-order valence-electron chi connectivity index (χ4n) is 1.19. The van der Waals surface area contributed by atoms with Crippen LogP contribution in [0.3, 0.4) is 0 Å². The van der Waals surface area contributed by atoms with Gasteiger partial charge < -0.3 is 0 Å². The highest BCUT2D eigenvalue weighted by atomic mass is 32.2. The van der Waals surface area contributed by atoms with E-state index in [2.05, 4.69) is 0 Å². The molecule has 1 rings (SSSR count). The second-order valence-corrected chi connectivity index (χ2v) is 5.18. The van der Waals surface area contributed by atoms with Crippen LogP contribution < -0.4 is 4.72 Å². The van der Waals surface area contributed by atoms with E-state index in [4.69, 9.17) is 0 Å². The average molecular weight is 262 g/mol. The molecule has 0 spiro atoms. The Morgan fingerprint density at radius 1 is 1.47 bits per heavy atom. The molecule has 0 saturated heterocycles. The summed E-state index contributed by atoms with van der Waals surface area (Å²) in [5, 5.41) is 10.4. The zero-order chi connectivity index (χ0) is 13.1. The molecule has 0 aliphatic heterocycles. The van der Waals surface area contributed by atoms with Crippen LogP contribution in [0.4, 0.5) is 15.8 Å². The molecule has 0 aliphatic carbocycles. The third-order valence-electron chi connectivity index (χ3n) is 1.90. The molecule has 1 aromatic carbocycles. The monoisotopic (exact) mass is 262 g/mol. The number of rotatable bonds is 5. The minimum absolute atomic E-state index is 0.135. The van der Waals surface area contributed by atoms with E-state index in [-0.39, 0.29) is 11.4 Å². The first-order valence-corrected chi connectivity index (χ1v) is 6.45. The van der Waals surface area contributed by atoms with Gasteiger partial charge in [0.15, 0.2) is 5.82 Å². The van der Waals surface area contributed by atoms with Gasteiger partial charge in [-0.1, -0.05) is 6.92 Å². The highest BCUT2D eigenvalue weighted by Crippen LogP contribution is 2.21. The lowest BCUT2D eigenvalue weighted by Crippen LogP contribution is -2.16. The van der Waals surface area contributed by atoms with Crippen molar-refractivity contribution in [2.45, 2.75) is 13.3 Å². The number of non-ortho nitro benzene ring substituents is 1. The number of sulfonamides is 1. The van der Waals surface area contributed by atoms with Gasteiger partial charge in [-0.15, -0.1) is 0 Å². The smallest absolute Gasteiger partial charge is 0.272 e. The first-order chi connectivity index (χ1) is 7.85. The minimum Gasteiger partial charge on any atom is -0.281 e. The van der Waals surface area contributed by atoms with E-state index in [0.717, 1.165) is 12.1 Å². The predicted octanol–water partition coefficient (Wildman–Crippen LogP) is 1.89. The Kier molecular flexibility index (Phi) is 4.00. The molecule has 17 heavy (non-hydrogen) atoms. The SMILES string of the molecule is CCCS(=O)(=O)Nc1ccc([N+](=O)[O-])cc1F. The fourth-order valence-corrected chi connectivity index (χ4v) is 2.33. The number of anilines is 1. The molecule has 0 aromatic heterocycles. The zero-order valence-corrected chi connectivity index (χ0v) is 9.83. The van der Waals surface area contributed by atoms with E-state index in [1.54, 1.807) is 6.92 Å². The molecule has 1 N–H and O–H groups in total. The van der Waals surface area contributed by atoms with Crippen molar-refractivity contribution >= 4 is 21.4 Å². The van der Waals surface area contributed by atoms with Crippen LogP contribution in [0.25, 0.3) is 0 Å². The Labute approximate surface area is 97.7 Å². The number of nitrogens with zero attached hydrogens (tertiary/aromatic N) is 1. The standard InChI is InChI=1S/C9H11FN2O4S/c1-2-5-17(15,16)11-9-4-3-7(12(13)14)6-8(9)10/h3-4,6,11H,2,5H2,1H3.